The molecular formula is C11H18N4. The van der Waals surface area contributed by atoms with Crippen molar-refractivity contribution in [3.8, 4) is 0 Å². The van der Waals surface area contributed by atoms with Crippen LogP contribution in [0.25, 0.3) is 5.57 Å². The van der Waals surface area contributed by atoms with Crippen molar-refractivity contribution in [2.75, 3.05) is 0 Å². The summed E-state index contributed by atoms with van der Waals surface area (Å²) in [7, 11) is 0. The van der Waals surface area contributed by atoms with Crippen LogP contribution in [0.4, 0.5) is 0 Å². The maximum absolute atomic E-state index is 5.93. The number of nitrogens with two attached hydrogens (primary N) is 1. The molecule has 1 aromatic heterocycles. The van der Waals surface area contributed by atoms with E-state index in [9.17, 15) is 0 Å². The molecule has 1 atom stereocenters. The fourth-order valence-electron chi connectivity index (χ4n) is 2.05. The molecule has 2 N–H and O–H groups in total. The predicted octanol–water partition coefficient (Wildman–Crippen LogP) is 1.58. The number of rotatable bonds is 3. The smallest absolute Gasteiger partial charge is 0.0842 e. The molecule has 0 aliphatic heterocycles. The van der Waals surface area contributed by atoms with E-state index in [4.69, 9.17) is 5.73 Å². The Morgan fingerprint density at radius 2 is 2.47 bits per heavy atom. The summed E-state index contributed by atoms with van der Waals surface area (Å²) in [5.41, 5.74) is 8.39. The van der Waals surface area contributed by atoms with E-state index in [-0.39, 0.29) is 6.04 Å². The summed E-state index contributed by atoms with van der Waals surface area (Å²) in [5.74, 6) is 0. The molecule has 0 fully saturated rings. The summed E-state index contributed by atoms with van der Waals surface area (Å²) in [6, 6.07) is 0.207. The van der Waals surface area contributed by atoms with Crippen LogP contribution >= 0.6 is 0 Å². The van der Waals surface area contributed by atoms with Gasteiger partial charge in [0.1, 0.15) is 0 Å². The van der Waals surface area contributed by atoms with Crippen LogP contribution in [0.3, 0.4) is 0 Å². The Morgan fingerprint density at radius 1 is 1.60 bits per heavy atom. The zero-order valence-corrected chi connectivity index (χ0v) is 9.19. The van der Waals surface area contributed by atoms with E-state index in [1.807, 2.05) is 10.9 Å². The van der Waals surface area contributed by atoms with E-state index in [0.29, 0.717) is 0 Å². The Bertz CT molecular complexity index is 353. The summed E-state index contributed by atoms with van der Waals surface area (Å²) in [4.78, 5) is 0. The number of aryl methyl sites for hydroxylation is 1. The summed E-state index contributed by atoms with van der Waals surface area (Å²) in [6.45, 7) is 3.08. The van der Waals surface area contributed by atoms with Gasteiger partial charge in [-0.3, -0.25) is 0 Å². The van der Waals surface area contributed by atoms with Gasteiger partial charge in [-0.1, -0.05) is 18.2 Å². The van der Waals surface area contributed by atoms with Crippen LogP contribution in [0.2, 0.25) is 0 Å². The van der Waals surface area contributed by atoms with Crippen molar-refractivity contribution >= 4 is 5.57 Å². The average molecular weight is 206 g/mol. The van der Waals surface area contributed by atoms with Gasteiger partial charge in [0.25, 0.3) is 0 Å². The van der Waals surface area contributed by atoms with Crippen molar-refractivity contribution in [1.82, 2.24) is 15.0 Å². The van der Waals surface area contributed by atoms with Gasteiger partial charge in [-0.25, -0.2) is 4.68 Å². The van der Waals surface area contributed by atoms with Gasteiger partial charge < -0.3 is 5.73 Å². The third kappa shape index (κ3) is 2.26. The predicted molar refractivity (Wildman–Crippen MR) is 60.1 cm³/mol. The van der Waals surface area contributed by atoms with Crippen LogP contribution in [0.1, 0.15) is 38.3 Å². The topological polar surface area (TPSA) is 56.7 Å². The largest absolute Gasteiger partial charge is 0.324 e. The minimum absolute atomic E-state index is 0.207. The minimum atomic E-state index is 0.207. The van der Waals surface area contributed by atoms with Gasteiger partial charge in [-0.2, -0.15) is 0 Å². The molecular weight excluding hydrogens is 188 g/mol. The fourth-order valence-corrected chi connectivity index (χ4v) is 2.05. The molecule has 2 rings (SSSR count). The number of allylic oxidation sites excluding steroid dienone is 1. The maximum Gasteiger partial charge on any atom is 0.0842 e. The third-order valence-corrected chi connectivity index (χ3v) is 2.78. The molecule has 0 radical (unpaired) electrons. The minimum Gasteiger partial charge on any atom is -0.324 e. The van der Waals surface area contributed by atoms with Gasteiger partial charge in [0.2, 0.25) is 0 Å². The molecule has 1 aromatic rings. The lowest BCUT2D eigenvalue weighted by molar-refractivity contribution is 0.568. The molecule has 0 aromatic carbocycles. The second kappa shape index (κ2) is 4.57. The highest BCUT2D eigenvalue weighted by atomic mass is 15.4. The van der Waals surface area contributed by atoms with Crippen molar-refractivity contribution in [2.45, 2.75) is 45.2 Å². The van der Waals surface area contributed by atoms with Gasteiger partial charge in [-0.15, -0.1) is 5.10 Å². The summed E-state index contributed by atoms with van der Waals surface area (Å²) in [6.07, 6.45) is 8.46. The highest BCUT2D eigenvalue weighted by Gasteiger charge is 2.14. The quantitative estimate of drug-likeness (QED) is 0.817. The highest BCUT2D eigenvalue weighted by Crippen LogP contribution is 2.25. The van der Waals surface area contributed by atoms with E-state index in [0.717, 1.165) is 31.5 Å². The van der Waals surface area contributed by atoms with Crippen LogP contribution in [0.15, 0.2) is 12.3 Å². The van der Waals surface area contributed by atoms with E-state index < -0.39 is 0 Å². The highest BCUT2D eigenvalue weighted by molar-refractivity contribution is 5.63. The molecule has 4 nitrogen and oxygen atoms in total. The lowest BCUT2D eigenvalue weighted by atomic mass is 9.94. The zero-order chi connectivity index (χ0) is 10.7. The lowest BCUT2D eigenvalue weighted by Crippen LogP contribution is -2.20. The standard InChI is InChI=1S/C11H18N4/c1-2-6-15-11(8-13-14-15)9-4-3-5-10(12)7-9/h7-8,10H,2-6,12H2,1H3. The van der Waals surface area contributed by atoms with Crippen molar-refractivity contribution in [3.63, 3.8) is 0 Å². The van der Waals surface area contributed by atoms with Crippen molar-refractivity contribution in [2.24, 2.45) is 5.73 Å². The summed E-state index contributed by atoms with van der Waals surface area (Å²) < 4.78 is 1.98. The van der Waals surface area contributed by atoms with Gasteiger partial charge in [0.15, 0.2) is 0 Å². The molecule has 0 spiro atoms. The maximum atomic E-state index is 5.93. The Morgan fingerprint density at radius 3 is 3.20 bits per heavy atom. The number of hydrogen-bond acceptors (Lipinski definition) is 3. The fraction of sp³-hybridized carbons (Fsp3) is 0.636. The molecule has 1 aliphatic rings. The molecule has 15 heavy (non-hydrogen) atoms. The normalized spacial score (nSPS) is 21.5. The number of nitrogens with zero attached hydrogens (tertiary/aromatic N) is 3. The molecule has 4 heteroatoms. The van der Waals surface area contributed by atoms with Crippen LogP contribution in [-0.4, -0.2) is 21.0 Å². The Balaban J connectivity index is 2.24. The summed E-state index contributed by atoms with van der Waals surface area (Å²) in [5, 5.41) is 8.06. The molecule has 1 unspecified atom stereocenters. The molecule has 0 saturated carbocycles. The molecule has 1 heterocycles. The second-order valence-corrected chi connectivity index (χ2v) is 4.09. The van der Waals surface area contributed by atoms with Crippen LogP contribution in [0, 0.1) is 0 Å². The second-order valence-electron chi connectivity index (χ2n) is 4.09. The first-order valence-corrected chi connectivity index (χ1v) is 5.66. The Kier molecular flexibility index (Phi) is 3.16. The van der Waals surface area contributed by atoms with Gasteiger partial charge in [-0.05, 0) is 31.3 Å². The van der Waals surface area contributed by atoms with Crippen LogP contribution in [0.5, 0.6) is 0 Å². The Hall–Kier alpha value is -1.16. The van der Waals surface area contributed by atoms with Crippen molar-refractivity contribution in [3.05, 3.63) is 18.0 Å². The molecule has 1 aliphatic carbocycles. The van der Waals surface area contributed by atoms with E-state index in [2.05, 4.69) is 23.3 Å². The SMILES string of the molecule is CCCn1nncc1C1=CC(N)CCC1. The van der Waals surface area contributed by atoms with E-state index >= 15 is 0 Å². The number of aromatic nitrogens is 3. The van der Waals surface area contributed by atoms with Gasteiger partial charge in [0, 0.05) is 12.6 Å². The van der Waals surface area contributed by atoms with E-state index in [1.165, 1.54) is 12.0 Å². The van der Waals surface area contributed by atoms with Gasteiger partial charge >= 0.3 is 0 Å². The molecule has 0 bridgehead atoms. The number of hydrogen-bond donors (Lipinski definition) is 1. The van der Waals surface area contributed by atoms with Crippen molar-refractivity contribution < 1.29 is 0 Å². The summed E-state index contributed by atoms with van der Waals surface area (Å²) >= 11 is 0. The molecule has 82 valence electrons. The zero-order valence-electron chi connectivity index (χ0n) is 9.19. The Labute approximate surface area is 90.2 Å². The first-order valence-electron chi connectivity index (χ1n) is 5.66. The lowest BCUT2D eigenvalue weighted by Gasteiger charge is -2.17. The average Bonchev–Trinajstić information content (AvgIpc) is 2.66. The van der Waals surface area contributed by atoms with Gasteiger partial charge in [0.05, 0.1) is 11.9 Å². The first-order chi connectivity index (χ1) is 7.31. The monoisotopic (exact) mass is 206 g/mol. The first kappa shape index (κ1) is 10.4. The van der Waals surface area contributed by atoms with Crippen LogP contribution in [-0.2, 0) is 6.54 Å². The molecule has 0 amide bonds. The third-order valence-electron chi connectivity index (χ3n) is 2.78. The van der Waals surface area contributed by atoms with E-state index in [1.54, 1.807) is 0 Å². The molecule has 0 saturated heterocycles. The van der Waals surface area contributed by atoms with Crippen LogP contribution < -0.4 is 5.73 Å². The van der Waals surface area contributed by atoms with Crippen molar-refractivity contribution in [1.29, 1.82) is 0 Å².